The third-order valence-corrected chi connectivity index (χ3v) is 5.14. The zero-order valence-electron chi connectivity index (χ0n) is 16.1. The van der Waals surface area contributed by atoms with E-state index >= 15 is 0 Å². The summed E-state index contributed by atoms with van der Waals surface area (Å²) >= 11 is 0. The van der Waals surface area contributed by atoms with Crippen LogP contribution >= 0.6 is 0 Å². The lowest BCUT2D eigenvalue weighted by molar-refractivity contribution is 0.164. The number of ether oxygens (including phenoxy) is 3. The van der Waals surface area contributed by atoms with Crippen molar-refractivity contribution in [1.82, 2.24) is 25.1 Å². The van der Waals surface area contributed by atoms with Gasteiger partial charge >= 0.3 is 0 Å². The summed E-state index contributed by atoms with van der Waals surface area (Å²) in [7, 11) is 1.65. The molecule has 1 fully saturated rings. The van der Waals surface area contributed by atoms with Gasteiger partial charge in [0.25, 0.3) is 5.89 Å². The van der Waals surface area contributed by atoms with Crippen molar-refractivity contribution in [3.8, 4) is 28.8 Å². The molecule has 4 heterocycles. The Morgan fingerprint density at radius 1 is 1.17 bits per heavy atom. The van der Waals surface area contributed by atoms with Crippen LogP contribution in [0.5, 0.6) is 17.2 Å². The minimum Gasteiger partial charge on any atom is -0.493 e. The number of likely N-dealkylation sites (tertiary alicyclic amines) is 1. The highest BCUT2D eigenvalue weighted by Gasteiger charge is 2.29. The minimum absolute atomic E-state index is 0.201. The molecule has 0 aliphatic carbocycles. The molecule has 150 valence electrons. The molecule has 2 aliphatic heterocycles. The second-order valence-corrected chi connectivity index (χ2v) is 7.08. The first-order valence-electron chi connectivity index (χ1n) is 9.59. The molecule has 0 bridgehead atoms. The number of aromatic nitrogens is 4. The zero-order chi connectivity index (χ0) is 19.6. The van der Waals surface area contributed by atoms with Gasteiger partial charge in [0.15, 0.2) is 11.5 Å². The van der Waals surface area contributed by atoms with Crippen LogP contribution in [-0.4, -0.2) is 58.5 Å². The third kappa shape index (κ3) is 3.61. The Morgan fingerprint density at radius 2 is 2.10 bits per heavy atom. The van der Waals surface area contributed by atoms with Gasteiger partial charge in [0.1, 0.15) is 18.9 Å². The third-order valence-electron chi connectivity index (χ3n) is 5.14. The summed E-state index contributed by atoms with van der Waals surface area (Å²) in [6.45, 7) is 3.67. The van der Waals surface area contributed by atoms with Crippen LogP contribution in [0.2, 0.25) is 0 Å². The molecule has 0 radical (unpaired) electrons. The molecule has 5 rings (SSSR count). The van der Waals surface area contributed by atoms with E-state index in [0.29, 0.717) is 42.2 Å². The minimum atomic E-state index is 0.201. The second-order valence-electron chi connectivity index (χ2n) is 7.08. The van der Waals surface area contributed by atoms with E-state index in [9.17, 15) is 0 Å². The molecule has 2 aromatic heterocycles. The van der Waals surface area contributed by atoms with Gasteiger partial charge in [-0.3, -0.25) is 9.88 Å². The number of benzene rings is 1. The van der Waals surface area contributed by atoms with Crippen molar-refractivity contribution >= 4 is 0 Å². The molecule has 1 atom stereocenters. The van der Waals surface area contributed by atoms with Crippen LogP contribution in [0.1, 0.15) is 23.8 Å². The quantitative estimate of drug-likeness (QED) is 0.645. The molecule has 3 aromatic rings. The van der Waals surface area contributed by atoms with Crippen molar-refractivity contribution < 1.29 is 18.6 Å². The fourth-order valence-electron chi connectivity index (χ4n) is 3.77. The number of nitrogens with zero attached hydrogens (tertiary/aromatic N) is 5. The largest absolute Gasteiger partial charge is 0.493 e. The topological polar surface area (TPSA) is 95.6 Å². The van der Waals surface area contributed by atoms with E-state index < -0.39 is 0 Å². The van der Waals surface area contributed by atoms with Crippen molar-refractivity contribution in [3.05, 3.63) is 42.2 Å². The van der Waals surface area contributed by atoms with E-state index in [0.717, 1.165) is 37.4 Å². The summed E-state index contributed by atoms with van der Waals surface area (Å²) in [6, 6.07) is 4.04. The van der Waals surface area contributed by atoms with E-state index in [1.54, 1.807) is 25.7 Å². The molecule has 29 heavy (non-hydrogen) atoms. The summed E-state index contributed by atoms with van der Waals surface area (Å²) in [4.78, 5) is 10.6. The first kappa shape index (κ1) is 17.9. The van der Waals surface area contributed by atoms with E-state index in [4.69, 9.17) is 18.6 Å². The van der Waals surface area contributed by atoms with Gasteiger partial charge < -0.3 is 18.6 Å². The molecule has 2 aliphatic rings. The molecular weight excluding hydrogens is 374 g/mol. The van der Waals surface area contributed by atoms with Crippen LogP contribution in [0.25, 0.3) is 11.6 Å². The van der Waals surface area contributed by atoms with Crippen LogP contribution in [0, 0.1) is 0 Å². The maximum Gasteiger partial charge on any atom is 0.267 e. The van der Waals surface area contributed by atoms with Gasteiger partial charge in [0.2, 0.25) is 11.6 Å². The monoisotopic (exact) mass is 395 g/mol. The van der Waals surface area contributed by atoms with Gasteiger partial charge in [-0.15, -0.1) is 10.2 Å². The number of hydrogen-bond acceptors (Lipinski definition) is 9. The maximum atomic E-state index is 5.86. The normalized spacial score (nSPS) is 18.7. The lowest BCUT2D eigenvalue weighted by Gasteiger charge is -2.23. The molecule has 0 N–H and O–H groups in total. The lowest BCUT2D eigenvalue weighted by atomic mass is 10.1. The Hall–Kier alpha value is -3.20. The standard InChI is InChI=1S/C20H21N5O4/c1-26-16-8-13(9-17-18(16)28-7-6-27-17)11-25-5-2-14(12-25)19-23-24-20(29-19)15-10-21-3-4-22-15/h3-4,8-10,14H,2,5-7,11-12H2,1H3/t14-/m1/s1. The zero-order valence-corrected chi connectivity index (χ0v) is 16.1. The summed E-state index contributed by atoms with van der Waals surface area (Å²) in [5.41, 5.74) is 1.71. The Bertz CT molecular complexity index is 977. The highest BCUT2D eigenvalue weighted by atomic mass is 16.6. The van der Waals surface area contributed by atoms with E-state index in [-0.39, 0.29) is 5.92 Å². The van der Waals surface area contributed by atoms with Gasteiger partial charge in [-0.25, -0.2) is 4.98 Å². The van der Waals surface area contributed by atoms with Gasteiger partial charge in [-0.1, -0.05) is 0 Å². The fraction of sp³-hybridized carbons (Fsp3) is 0.400. The first-order chi connectivity index (χ1) is 14.3. The molecule has 0 unspecified atom stereocenters. The van der Waals surface area contributed by atoms with Gasteiger partial charge in [0.05, 0.1) is 19.2 Å². The lowest BCUT2D eigenvalue weighted by Crippen LogP contribution is -2.21. The molecule has 1 saturated heterocycles. The van der Waals surface area contributed by atoms with Crippen molar-refractivity contribution in [3.63, 3.8) is 0 Å². The highest BCUT2D eigenvalue weighted by Crippen LogP contribution is 2.41. The maximum absolute atomic E-state index is 5.86. The van der Waals surface area contributed by atoms with Crippen molar-refractivity contribution in [2.24, 2.45) is 0 Å². The molecule has 9 nitrogen and oxygen atoms in total. The van der Waals surface area contributed by atoms with E-state index in [1.165, 1.54) is 0 Å². The van der Waals surface area contributed by atoms with Crippen molar-refractivity contribution in [2.75, 3.05) is 33.4 Å². The summed E-state index contributed by atoms with van der Waals surface area (Å²) < 4.78 is 22.8. The van der Waals surface area contributed by atoms with Crippen LogP contribution < -0.4 is 14.2 Å². The Labute approximate surface area is 167 Å². The predicted molar refractivity (Wildman–Crippen MR) is 102 cm³/mol. The van der Waals surface area contributed by atoms with Crippen molar-refractivity contribution in [1.29, 1.82) is 0 Å². The van der Waals surface area contributed by atoms with Gasteiger partial charge in [-0.05, 0) is 30.7 Å². The van der Waals surface area contributed by atoms with E-state index in [2.05, 4.69) is 25.1 Å². The predicted octanol–water partition coefficient (Wildman–Crippen LogP) is 2.30. The van der Waals surface area contributed by atoms with Crippen LogP contribution in [0.4, 0.5) is 0 Å². The van der Waals surface area contributed by atoms with Gasteiger partial charge in [0, 0.05) is 25.5 Å². The molecule has 0 amide bonds. The molecule has 9 heteroatoms. The van der Waals surface area contributed by atoms with Crippen molar-refractivity contribution in [2.45, 2.75) is 18.9 Å². The average Bonchev–Trinajstić information content (AvgIpc) is 3.43. The number of hydrogen-bond donors (Lipinski definition) is 0. The number of methoxy groups -OCH3 is 1. The van der Waals surface area contributed by atoms with E-state index in [1.807, 2.05) is 12.1 Å². The smallest absolute Gasteiger partial charge is 0.267 e. The Balaban J connectivity index is 1.28. The van der Waals surface area contributed by atoms with Crippen LogP contribution in [0.3, 0.4) is 0 Å². The average molecular weight is 395 g/mol. The number of fused-ring (bicyclic) bond motifs is 1. The Morgan fingerprint density at radius 3 is 2.97 bits per heavy atom. The summed E-state index contributed by atoms with van der Waals surface area (Å²) in [5, 5.41) is 8.36. The molecular formula is C20H21N5O4. The molecule has 0 spiro atoms. The second kappa shape index (κ2) is 7.67. The molecule has 0 saturated carbocycles. The summed E-state index contributed by atoms with van der Waals surface area (Å²) in [5.74, 6) is 3.39. The molecule has 1 aromatic carbocycles. The van der Waals surface area contributed by atoms with Crippen LogP contribution in [-0.2, 0) is 6.54 Å². The Kier molecular flexibility index (Phi) is 4.73. The fourth-order valence-corrected chi connectivity index (χ4v) is 3.77. The SMILES string of the molecule is COc1cc(CN2CC[C@@H](c3nnc(-c4cnccn4)o3)C2)cc2c1OCCO2. The number of rotatable bonds is 5. The summed E-state index contributed by atoms with van der Waals surface area (Å²) in [6.07, 6.45) is 5.80. The highest BCUT2D eigenvalue weighted by molar-refractivity contribution is 5.54. The van der Waals surface area contributed by atoms with Crippen LogP contribution in [0.15, 0.2) is 35.1 Å². The first-order valence-corrected chi connectivity index (χ1v) is 9.59. The van der Waals surface area contributed by atoms with Gasteiger partial charge in [-0.2, -0.15) is 0 Å².